The summed E-state index contributed by atoms with van der Waals surface area (Å²) in [6, 6.07) is 5.08. The Morgan fingerprint density at radius 1 is 1.32 bits per heavy atom. The number of rotatable bonds is 2. The Kier molecular flexibility index (Phi) is 2.99. The van der Waals surface area contributed by atoms with Crippen LogP contribution in [0.4, 0.5) is 0 Å². The molecule has 0 radical (unpaired) electrons. The van der Waals surface area contributed by atoms with Crippen LogP contribution in [0.3, 0.4) is 0 Å². The van der Waals surface area contributed by atoms with Gasteiger partial charge < -0.3 is 18.9 Å². The van der Waals surface area contributed by atoms with Crippen LogP contribution in [0.1, 0.15) is 41.0 Å². The van der Waals surface area contributed by atoms with Crippen molar-refractivity contribution in [2.75, 3.05) is 13.3 Å². The van der Waals surface area contributed by atoms with E-state index in [-0.39, 0.29) is 18.7 Å². The molecule has 1 aromatic carbocycles. The lowest BCUT2D eigenvalue weighted by Gasteiger charge is -2.22. The lowest BCUT2D eigenvalue weighted by atomic mass is 10.1. The molecule has 0 N–H and O–H groups in total. The van der Waals surface area contributed by atoms with Gasteiger partial charge in [-0.2, -0.15) is 4.98 Å². The molecule has 0 aliphatic carbocycles. The lowest BCUT2D eigenvalue weighted by molar-refractivity contribution is 0.0709. The van der Waals surface area contributed by atoms with Crippen LogP contribution < -0.4 is 9.47 Å². The first-order chi connectivity index (χ1) is 10.7. The Morgan fingerprint density at radius 2 is 2.18 bits per heavy atom. The number of hydrogen-bond donors (Lipinski definition) is 0. The fraction of sp³-hybridized carbons (Fsp3) is 0.400. The fourth-order valence-corrected chi connectivity index (χ4v) is 2.91. The summed E-state index contributed by atoms with van der Waals surface area (Å²) in [6.45, 7) is 2.64. The quantitative estimate of drug-likeness (QED) is 0.845. The Morgan fingerprint density at radius 3 is 3.00 bits per heavy atom. The molecule has 2 aromatic rings. The second kappa shape index (κ2) is 5.01. The summed E-state index contributed by atoms with van der Waals surface area (Å²) in [7, 11) is 0. The van der Waals surface area contributed by atoms with Gasteiger partial charge in [0.05, 0.1) is 0 Å². The normalized spacial score (nSPS) is 19.7. The smallest absolute Gasteiger partial charge is 0.254 e. The summed E-state index contributed by atoms with van der Waals surface area (Å²) in [4.78, 5) is 18.8. The van der Waals surface area contributed by atoms with E-state index < -0.39 is 0 Å². The van der Waals surface area contributed by atoms with Gasteiger partial charge in [-0.05, 0) is 38.0 Å². The SMILES string of the molecule is Cc1noc(C2CCCN2C(=O)c2ccc3c(c2)OCO3)n1. The topological polar surface area (TPSA) is 77.7 Å². The van der Waals surface area contributed by atoms with Gasteiger partial charge in [-0.15, -0.1) is 0 Å². The van der Waals surface area contributed by atoms with Crippen molar-refractivity contribution in [3.8, 4) is 11.5 Å². The van der Waals surface area contributed by atoms with Crippen LogP contribution in [0.5, 0.6) is 11.5 Å². The number of carbonyl (C=O) groups excluding carboxylic acids is 1. The maximum Gasteiger partial charge on any atom is 0.254 e. The standard InChI is InChI=1S/C15H15N3O4/c1-9-16-14(22-17-9)11-3-2-6-18(11)15(19)10-4-5-12-13(7-10)21-8-20-12/h4-5,7,11H,2-3,6,8H2,1H3. The Hall–Kier alpha value is -2.57. The summed E-state index contributed by atoms with van der Waals surface area (Å²) < 4.78 is 15.8. The van der Waals surface area contributed by atoms with Crippen LogP contribution in [-0.2, 0) is 0 Å². The third kappa shape index (κ3) is 2.09. The number of aryl methyl sites for hydroxylation is 1. The molecule has 1 aromatic heterocycles. The summed E-state index contributed by atoms with van der Waals surface area (Å²) >= 11 is 0. The van der Waals surface area contributed by atoms with Gasteiger partial charge in [0, 0.05) is 12.1 Å². The number of benzene rings is 1. The summed E-state index contributed by atoms with van der Waals surface area (Å²) in [5.74, 6) is 2.30. The lowest BCUT2D eigenvalue weighted by Crippen LogP contribution is -2.30. The van der Waals surface area contributed by atoms with E-state index in [0.29, 0.717) is 35.3 Å². The minimum atomic E-state index is -0.154. The van der Waals surface area contributed by atoms with Gasteiger partial charge in [0.25, 0.3) is 5.91 Å². The van der Waals surface area contributed by atoms with E-state index >= 15 is 0 Å². The van der Waals surface area contributed by atoms with E-state index in [9.17, 15) is 4.79 Å². The molecular weight excluding hydrogens is 286 g/mol. The van der Waals surface area contributed by atoms with Gasteiger partial charge in [-0.1, -0.05) is 5.16 Å². The zero-order valence-electron chi connectivity index (χ0n) is 12.1. The molecule has 0 bridgehead atoms. The molecule has 2 aliphatic heterocycles. The maximum atomic E-state index is 12.8. The van der Waals surface area contributed by atoms with Gasteiger partial charge in [0.1, 0.15) is 6.04 Å². The highest BCUT2D eigenvalue weighted by molar-refractivity contribution is 5.95. The first-order valence-electron chi connectivity index (χ1n) is 7.23. The number of fused-ring (bicyclic) bond motifs is 1. The molecular formula is C15H15N3O4. The van der Waals surface area contributed by atoms with E-state index in [1.165, 1.54) is 0 Å². The number of amides is 1. The van der Waals surface area contributed by atoms with Crippen LogP contribution in [0.2, 0.25) is 0 Å². The Balaban J connectivity index is 1.61. The van der Waals surface area contributed by atoms with Crippen LogP contribution in [0.25, 0.3) is 0 Å². The van der Waals surface area contributed by atoms with Crippen molar-refractivity contribution in [2.24, 2.45) is 0 Å². The first kappa shape index (κ1) is 13.1. The average molecular weight is 301 g/mol. The van der Waals surface area contributed by atoms with Gasteiger partial charge in [-0.25, -0.2) is 0 Å². The van der Waals surface area contributed by atoms with E-state index in [1.54, 1.807) is 30.0 Å². The van der Waals surface area contributed by atoms with E-state index in [0.717, 1.165) is 12.8 Å². The van der Waals surface area contributed by atoms with E-state index in [4.69, 9.17) is 14.0 Å². The molecule has 0 saturated carbocycles. The molecule has 2 aliphatic rings. The summed E-state index contributed by atoms with van der Waals surface area (Å²) in [5, 5.41) is 3.81. The van der Waals surface area contributed by atoms with Gasteiger partial charge >= 0.3 is 0 Å². The molecule has 1 saturated heterocycles. The van der Waals surface area contributed by atoms with E-state index in [1.807, 2.05) is 0 Å². The number of ether oxygens (including phenoxy) is 2. The summed E-state index contributed by atoms with van der Waals surface area (Å²) in [5.41, 5.74) is 0.576. The second-order valence-electron chi connectivity index (χ2n) is 5.40. The van der Waals surface area contributed by atoms with Gasteiger partial charge in [0.15, 0.2) is 17.3 Å². The highest BCUT2D eigenvalue weighted by Gasteiger charge is 2.34. The number of likely N-dealkylation sites (tertiary alicyclic amines) is 1. The Labute approximate surface area is 126 Å². The minimum Gasteiger partial charge on any atom is -0.454 e. The molecule has 4 rings (SSSR count). The van der Waals surface area contributed by atoms with Gasteiger partial charge in [0.2, 0.25) is 12.7 Å². The van der Waals surface area contributed by atoms with Crippen LogP contribution >= 0.6 is 0 Å². The number of hydrogen-bond acceptors (Lipinski definition) is 6. The minimum absolute atomic E-state index is 0.0587. The zero-order valence-corrected chi connectivity index (χ0v) is 12.1. The van der Waals surface area contributed by atoms with Crippen molar-refractivity contribution in [1.29, 1.82) is 0 Å². The monoisotopic (exact) mass is 301 g/mol. The highest BCUT2D eigenvalue weighted by Crippen LogP contribution is 2.36. The van der Waals surface area contributed by atoms with Crippen LogP contribution in [0, 0.1) is 6.92 Å². The molecule has 1 atom stereocenters. The van der Waals surface area contributed by atoms with Crippen molar-refractivity contribution in [2.45, 2.75) is 25.8 Å². The van der Waals surface area contributed by atoms with Gasteiger partial charge in [-0.3, -0.25) is 4.79 Å². The summed E-state index contributed by atoms with van der Waals surface area (Å²) in [6.07, 6.45) is 1.75. The third-order valence-corrected chi connectivity index (χ3v) is 3.96. The second-order valence-corrected chi connectivity index (χ2v) is 5.40. The molecule has 3 heterocycles. The molecule has 7 heteroatoms. The van der Waals surface area contributed by atoms with Crippen molar-refractivity contribution < 1.29 is 18.8 Å². The van der Waals surface area contributed by atoms with E-state index in [2.05, 4.69) is 10.1 Å². The number of nitrogens with zero attached hydrogens (tertiary/aromatic N) is 3. The molecule has 1 unspecified atom stereocenters. The first-order valence-corrected chi connectivity index (χ1v) is 7.23. The molecule has 7 nitrogen and oxygen atoms in total. The number of aromatic nitrogens is 2. The van der Waals surface area contributed by atoms with Crippen molar-refractivity contribution in [1.82, 2.24) is 15.0 Å². The number of carbonyl (C=O) groups is 1. The van der Waals surface area contributed by atoms with Crippen molar-refractivity contribution in [3.63, 3.8) is 0 Å². The molecule has 1 amide bonds. The van der Waals surface area contributed by atoms with Crippen LogP contribution in [-0.4, -0.2) is 34.3 Å². The maximum absolute atomic E-state index is 12.8. The van der Waals surface area contributed by atoms with Crippen molar-refractivity contribution in [3.05, 3.63) is 35.5 Å². The molecule has 0 spiro atoms. The predicted molar refractivity (Wildman–Crippen MR) is 74.6 cm³/mol. The largest absolute Gasteiger partial charge is 0.454 e. The Bertz CT molecular complexity index is 727. The molecule has 1 fully saturated rings. The van der Waals surface area contributed by atoms with Crippen LogP contribution in [0.15, 0.2) is 22.7 Å². The predicted octanol–water partition coefficient (Wildman–Crippen LogP) is 2.08. The third-order valence-electron chi connectivity index (χ3n) is 3.96. The highest BCUT2D eigenvalue weighted by atomic mass is 16.7. The van der Waals surface area contributed by atoms with Crippen molar-refractivity contribution >= 4 is 5.91 Å². The average Bonchev–Trinajstić information content (AvgIpc) is 3.25. The molecule has 22 heavy (non-hydrogen) atoms. The molecule has 114 valence electrons. The fourth-order valence-electron chi connectivity index (χ4n) is 2.91. The zero-order chi connectivity index (χ0) is 15.1.